The summed E-state index contributed by atoms with van der Waals surface area (Å²) in [6.45, 7) is 2.21. The van der Waals surface area contributed by atoms with Gasteiger partial charge in [0.15, 0.2) is 0 Å². The molecule has 1 fully saturated rings. The van der Waals surface area contributed by atoms with Crippen LogP contribution in [0.4, 0.5) is 5.69 Å². The lowest BCUT2D eigenvalue weighted by Crippen LogP contribution is -2.37. The van der Waals surface area contributed by atoms with Gasteiger partial charge < -0.3 is 5.73 Å². The maximum Gasteiger partial charge on any atom is 0.240 e. The zero-order valence-electron chi connectivity index (χ0n) is 10.6. The monoisotopic (exact) mass is 268 g/mol. The number of hydrogen-bond donors (Lipinski definition) is 2. The number of anilines is 1. The van der Waals surface area contributed by atoms with Gasteiger partial charge in [-0.1, -0.05) is 13.0 Å². The van der Waals surface area contributed by atoms with Gasteiger partial charge in [0.1, 0.15) is 0 Å². The summed E-state index contributed by atoms with van der Waals surface area (Å²) in [5.41, 5.74) is 6.08. The summed E-state index contributed by atoms with van der Waals surface area (Å²) in [5, 5.41) is 0. The van der Waals surface area contributed by atoms with Gasteiger partial charge in [0.25, 0.3) is 0 Å². The Balaban J connectivity index is 2.08. The van der Waals surface area contributed by atoms with Crippen molar-refractivity contribution < 1.29 is 8.42 Å². The van der Waals surface area contributed by atoms with Crippen LogP contribution in [0, 0.1) is 5.92 Å². The Morgan fingerprint density at radius 1 is 1.22 bits per heavy atom. The Morgan fingerprint density at radius 3 is 2.50 bits per heavy atom. The largest absolute Gasteiger partial charge is 0.399 e. The molecular weight excluding hydrogens is 248 g/mol. The maximum atomic E-state index is 12.2. The molecular formula is C13H20N2O2S. The summed E-state index contributed by atoms with van der Waals surface area (Å²) in [5.74, 6) is 0.707. The summed E-state index contributed by atoms with van der Waals surface area (Å²) in [6, 6.07) is 6.47. The normalized spacial score (nSPS) is 24.9. The molecule has 4 nitrogen and oxygen atoms in total. The van der Waals surface area contributed by atoms with Crippen LogP contribution in [0.1, 0.15) is 32.6 Å². The van der Waals surface area contributed by atoms with E-state index in [0.717, 1.165) is 25.7 Å². The summed E-state index contributed by atoms with van der Waals surface area (Å²) < 4.78 is 27.1. The minimum atomic E-state index is -3.43. The van der Waals surface area contributed by atoms with Gasteiger partial charge in [-0.05, 0) is 49.8 Å². The molecule has 0 aromatic heterocycles. The van der Waals surface area contributed by atoms with Crippen LogP contribution in [0.25, 0.3) is 0 Å². The van der Waals surface area contributed by atoms with E-state index in [1.54, 1.807) is 18.2 Å². The SMILES string of the molecule is CC1CCC(NS(=O)(=O)c2cccc(N)c2)CC1. The highest BCUT2D eigenvalue weighted by Gasteiger charge is 2.24. The van der Waals surface area contributed by atoms with Crippen molar-refractivity contribution in [1.29, 1.82) is 0 Å². The molecule has 0 radical (unpaired) electrons. The Kier molecular flexibility index (Phi) is 3.92. The number of nitrogen functional groups attached to an aromatic ring is 1. The molecule has 1 saturated carbocycles. The lowest BCUT2D eigenvalue weighted by molar-refractivity contribution is 0.332. The molecule has 0 atom stereocenters. The van der Waals surface area contributed by atoms with Crippen molar-refractivity contribution in [1.82, 2.24) is 4.72 Å². The van der Waals surface area contributed by atoms with Gasteiger partial charge in [0, 0.05) is 11.7 Å². The van der Waals surface area contributed by atoms with Crippen LogP contribution < -0.4 is 10.5 Å². The topological polar surface area (TPSA) is 72.2 Å². The highest BCUT2D eigenvalue weighted by atomic mass is 32.2. The molecule has 0 bridgehead atoms. The minimum absolute atomic E-state index is 0.0626. The number of rotatable bonds is 3. The molecule has 100 valence electrons. The highest BCUT2D eigenvalue weighted by molar-refractivity contribution is 7.89. The Labute approximate surface area is 109 Å². The number of sulfonamides is 1. The summed E-state index contributed by atoms with van der Waals surface area (Å²) in [7, 11) is -3.43. The molecule has 1 aliphatic rings. The first-order valence-electron chi connectivity index (χ1n) is 6.35. The van der Waals surface area contributed by atoms with Crippen molar-refractivity contribution in [2.75, 3.05) is 5.73 Å². The van der Waals surface area contributed by atoms with Crippen LogP contribution in [0.2, 0.25) is 0 Å². The molecule has 0 saturated heterocycles. The molecule has 0 aliphatic heterocycles. The Hall–Kier alpha value is -1.07. The van der Waals surface area contributed by atoms with Crippen LogP contribution in [0.5, 0.6) is 0 Å². The van der Waals surface area contributed by atoms with Gasteiger partial charge in [-0.3, -0.25) is 0 Å². The van der Waals surface area contributed by atoms with E-state index in [9.17, 15) is 8.42 Å². The number of benzene rings is 1. The Bertz CT molecular complexity index is 505. The van der Waals surface area contributed by atoms with E-state index < -0.39 is 10.0 Å². The number of hydrogen-bond acceptors (Lipinski definition) is 3. The van der Waals surface area contributed by atoms with Crippen LogP contribution in [0.3, 0.4) is 0 Å². The summed E-state index contributed by atoms with van der Waals surface area (Å²) in [6.07, 6.45) is 4.01. The van der Waals surface area contributed by atoms with Crippen molar-refractivity contribution in [2.45, 2.75) is 43.5 Å². The highest BCUT2D eigenvalue weighted by Crippen LogP contribution is 2.25. The van der Waals surface area contributed by atoms with Crippen LogP contribution >= 0.6 is 0 Å². The number of nitrogens with two attached hydrogens (primary N) is 1. The van der Waals surface area contributed by atoms with E-state index in [1.807, 2.05) is 0 Å². The molecule has 3 N–H and O–H groups in total. The zero-order chi connectivity index (χ0) is 13.2. The van der Waals surface area contributed by atoms with Gasteiger partial charge in [0.2, 0.25) is 10.0 Å². The van der Waals surface area contributed by atoms with Gasteiger partial charge in [-0.25, -0.2) is 13.1 Å². The molecule has 0 unspecified atom stereocenters. The van der Waals surface area contributed by atoms with Crippen LogP contribution in [-0.4, -0.2) is 14.5 Å². The number of nitrogens with one attached hydrogen (secondary N) is 1. The molecule has 0 heterocycles. The van der Waals surface area contributed by atoms with Gasteiger partial charge in [-0.2, -0.15) is 0 Å². The fraction of sp³-hybridized carbons (Fsp3) is 0.538. The first-order valence-corrected chi connectivity index (χ1v) is 7.83. The fourth-order valence-electron chi connectivity index (χ4n) is 2.35. The van der Waals surface area contributed by atoms with E-state index in [-0.39, 0.29) is 10.9 Å². The molecule has 1 aromatic carbocycles. The van der Waals surface area contributed by atoms with Crippen molar-refractivity contribution in [2.24, 2.45) is 5.92 Å². The lowest BCUT2D eigenvalue weighted by atomic mass is 9.88. The van der Waals surface area contributed by atoms with Crippen molar-refractivity contribution >= 4 is 15.7 Å². The molecule has 18 heavy (non-hydrogen) atoms. The van der Waals surface area contributed by atoms with Crippen molar-refractivity contribution in [3.05, 3.63) is 24.3 Å². The van der Waals surface area contributed by atoms with E-state index in [4.69, 9.17) is 5.73 Å². The minimum Gasteiger partial charge on any atom is -0.399 e. The maximum absolute atomic E-state index is 12.2. The summed E-state index contributed by atoms with van der Waals surface area (Å²) in [4.78, 5) is 0.251. The van der Waals surface area contributed by atoms with Crippen molar-refractivity contribution in [3.8, 4) is 0 Å². The summed E-state index contributed by atoms with van der Waals surface area (Å²) >= 11 is 0. The first kappa shape index (κ1) is 13.4. The predicted molar refractivity (Wildman–Crippen MR) is 72.6 cm³/mol. The molecule has 1 aliphatic carbocycles. The van der Waals surface area contributed by atoms with Crippen LogP contribution in [0.15, 0.2) is 29.2 Å². The second kappa shape index (κ2) is 5.28. The third-order valence-corrected chi connectivity index (χ3v) is 5.02. The third kappa shape index (κ3) is 3.23. The van der Waals surface area contributed by atoms with Gasteiger partial charge in [0.05, 0.1) is 4.90 Å². The third-order valence-electron chi connectivity index (χ3n) is 3.51. The van der Waals surface area contributed by atoms with E-state index >= 15 is 0 Å². The second-order valence-corrected chi connectivity index (χ2v) is 6.86. The first-order chi connectivity index (χ1) is 8.47. The van der Waals surface area contributed by atoms with E-state index in [0.29, 0.717) is 11.6 Å². The fourth-order valence-corrected chi connectivity index (χ4v) is 3.71. The molecule has 2 rings (SSSR count). The molecule has 5 heteroatoms. The van der Waals surface area contributed by atoms with E-state index in [1.165, 1.54) is 6.07 Å². The predicted octanol–water partition coefficient (Wildman–Crippen LogP) is 2.13. The second-order valence-electron chi connectivity index (χ2n) is 5.15. The standard InChI is InChI=1S/C13H20N2O2S/c1-10-5-7-12(8-6-10)15-18(16,17)13-4-2-3-11(14)9-13/h2-4,9-10,12,15H,5-8,14H2,1H3. The Morgan fingerprint density at radius 2 is 1.89 bits per heavy atom. The molecule has 0 amide bonds. The lowest BCUT2D eigenvalue weighted by Gasteiger charge is -2.26. The van der Waals surface area contributed by atoms with Crippen molar-refractivity contribution in [3.63, 3.8) is 0 Å². The van der Waals surface area contributed by atoms with Crippen LogP contribution in [-0.2, 0) is 10.0 Å². The van der Waals surface area contributed by atoms with Gasteiger partial charge >= 0.3 is 0 Å². The zero-order valence-corrected chi connectivity index (χ0v) is 11.4. The molecule has 1 aromatic rings. The quantitative estimate of drug-likeness (QED) is 0.825. The average Bonchev–Trinajstić information content (AvgIpc) is 2.32. The van der Waals surface area contributed by atoms with E-state index in [2.05, 4.69) is 11.6 Å². The molecule has 0 spiro atoms. The average molecular weight is 268 g/mol. The smallest absolute Gasteiger partial charge is 0.240 e. The van der Waals surface area contributed by atoms with Gasteiger partial charge in [-0.15, -0.1) is 0 Å².